The number of halogens is 1. The molecule has 1 heterocycles. The van der Waals surface area contributed by atoms with Gasteiger partial charge in [-0.2, -0.15) is 5.26 Å². The molecule has 0 amide bonds. The summed E-state index contributed by atoms with van der Waals surface area (Å²) in [7, 11) is -3.83. The summed E-state index contributed by atoms with van der Waals surface area (Å²) in [6, 6.07) is 15.5. The summed E-state index contributed by atoms with van der Waals surface area (Å²) < 4.78 is 42.2. The lowest BCUT2D eigenvalue weighted by molar-refractivity contribution is 0.297. The van der Waals surface area contributed by atoms with Gasteiger partial charge in [-0.25, -0.2) is 22.9 Å². The molecule has 3 rings (SSSR count). The summed E-state index contributed by atoms with van der Waals surface area (Å²) in [5.41, 5.74) is 2.59. The average Bonchev–Trinajstić information content (AvgIpc) is 2.73. The highest BCUT2D eigenvalue weighted by molar-refractivity contribution is 7.89. The van der Waals surface area contributed by atoms with Gasteiger partial charge in [-0.1, -0.05) is 25.5 Å². The number of sulfonamides is 1. The third-order valence-corrected chi connectivity index (χ3v) is 5.39. The van der Waals surface area contributed by atoms with Gasteiger partial charge in [-0.15, -0.1) is 0 Å². The zero-order valence-electron chi connectivity index (χ0n) is 16.3. The molecule has 0 spiro atoms. The standard InChI is InChI=1S/C22H20FN3O3S/c1-2-3-12-29-22-17(14-24)13-20(15-6-10-19(11-7-15)30(25,27)28)21(26-22)16-4-8-18(23)9-5-16/h4-11,13H,2-3,12H2,1H3,(H2,25,27,28). The van der Waals surface area contributed by atoms with Crippen molar-refractivity contribution < 1.29 is 17.5 Å². The highest BCUT2D eigenvalue weighted by atomic mass is 32.2. The minimum absolute atomic E-state index is 0.0254. The summed E-state index contributed by atoms with van der Waals surface area (Å²) in [6.07, 6.45) is 1.75. The number of hydrogen-bond acceptors (Lipinski definition) is 5. The molecule has 2 N–H and O–H groups in total. The van der Waals surface area contributed by atoms with Gasteiger partial charge in [-0.05, 0) is 54.4 Å². The zero-order valence-corrected chi connectivity index (χ0v) is 17.1. The third kappa shape index (κ3) is 4.82. The molecule has 0 aliphatic carbocycles. The van der Waals surface area contributed by atoms with Crippen molar-refractivity contribution in [2.24, 2.45) is 5.14 Å². The molecule has 0 atom stereocenters. The molecule has 0 saturated heterocycles. The highest BCUT2D eigenvalue weighted by Gasteiger charge is 2.17. The summed E-state index contributed by atoms with van der Waals surface area (Å²) in [6.45, 7) is 2.45. The van der Waals surface area contributed by atoms with E-state index in [0.29, 0.717) is 29.0 Å². The van der Waals surface area contributed by atoms with Crippen LogP contribution < -0.4 is 9.88 Å². The van der Waals surface area contributed by atoms with E-state index in [1.165, 1.54) is 24.3 Å². The van der Waals surface area contributed by atoms with Gasteiger partial charge in [0.1, 0.15) is 17.4 Å². The van der Waals surface area contributed by atoms with Gasteiger partial charge in [0.15, 0.2) is 0 Å². The van der Waals surface area contributed by atoms with Crippen LogP contribution in [0.1, 0.15) is 25.3 Å². The molecule has 6 nitrogen and oxygen atoms in total. The molecule has 154 valence electrons. The van der Waals surface area contributed by atoms with Gasteiger partial charge in [0.2, 0.25) is 15.9 Å². The van der Waals surface area contributed by atoms with Crippen LogP contribution in [-0.2, 0) is 10.0 Å². The monoisotopic (exact) mass is 425 g/mol. The number of nitriles is 1. The first-order valence-corrected chi connectivity index (χ1v) is 10.8. The van der Waals surface area contributed by atoms with E-state index in [9.17, 15) is 18.1 Å². The van der Waals surface area contributed by atoms with Gasteiger partial charge in [0.25, 0.3) is 0 Å². The average molecular weight is 425 g/mol. The number of nitrogens with zero attached hydrogens (tertiary/aromatic N) is 2. The Bertz CT molecular complexity index is 1190. The van der Waals surface area contributed by atoms with Crippen LogP contribution in [0.2, 0.25) is 0 Å². The van der Waals surface area contributed by atoms with Gasteiger partial charge in [-0.3, -0.25) is 0 Å². The van der Waals surface area contributed by atoms with E-state index < -0.39 is 10.0 Å². The SMILES string of the molecule is CCCCOc1nc(-c2ccc(F)cc2)c(-c2ccc(S(N)(=O)=O)cc2)cc1C#N. The fourth-order valence-electron chi connectivity index (χ4n) is 2.87. The van der Waals surface area contributed by atoms with Crippen molar-refractivity contribution in [1.29, 1.82) is 5.26 Å². The van der Waals surface area contributed by atoms with E-state index in [1.807, 2.05) is 6.92 Å². The van der Waals surface area contributed by atoms with Crippen molar-refractivity contribution in [1.82, 2.24) is 4.98 Å². The predicted octanol–water partition coefficient (Wildman–Crippen LogP) is 4.25. The molecule has 0 aliphatic rings. The van der Waals surface area contributed by atoms with Crippen molar-refractivity contribution in [3.05, 3.63) is 66.0 Å². The molecule has 30 heavy (non-hydrogen) atoms. The van der Waals surface area contributed by atoms with Crippen molar-refractivity contribution in [2.45, 2.75) is 24.7 Å². The van der Waals surface area contributed by atoms with Gasteiger partial charge in [0, 0.05) is 11.1 Å². The number of rotatable bonds is 7. The van der Waals surface area contributed by atoms with Crippen molar-refractivity contribution in [2.75, 3.05) is 6.61 Å². The molecule has 3 aromatic rings. The van der Waals surface area contributed by atoms with Crippen LogP contribution in [0.25, 0.3) is 22.4 Å². The lowest BCUT2D eigenvalue weighted by Gasteiger charge is -2.14. The van der Waals surface area contributed by atoms with E-state index in [-0.39, 0.29) is 22.2 Å². The zero-order chi connectivity index (χ0) is 21.7. The summed E-state index contributed by atoms with van der Waals surface area (Å²) >= 11 is 0. The Kier molecular flexibility index (Phi) is 6.45. The topological polar surface area (TPSA) is 106 Å². The van der Waals surface area contributed by atoms with Crippen LogP contribution in [0.15, 0.2) is 59.5 Å². The second kappa shape index (κ2) is 9.03. The Hall–Kier alpha value is -3.28. The van der Waals surface area contributed by atoms with Crippen molar-refractivity contribution in [3.8, 4) is 34.3 Å². The van der Waals surface area contributed by atoms with Crippen LogP contribution >= 0.6 is 0 Å². The molecule has 0 radical (unpaired) electrons. The number of pyridine rings is 1. The fraction of sp³-hybridized carbons (Fsp3) is 0.182. The maximum atomic E-state index is 13.4. The van der Waals surface area contributed by atoms with Gasteiger partial charge in [0.05, 0.1) is 17.2 Å². The van der Waals surface area contributed by atoms with E-state index in [0.717, 1.165) is 12.8 Å². The van der Waals surface area contributed by atoms with E-state index in [1.54, 1.807) is 30.3 Å². The number of hydrogen-bond donors (Lipinski definition) is 1. The van der Waals surface area contributed by atoms with E-state index in [2.05, 4.69) is 11.1 Å². The number of aromatic nitrogens is 1. The fourth-order valence-corrected chi connectivity index (χ4v) is 3.39. The molecule has 0 unspecified atom stereocenters. The second-order valence-corrected chi connectivity index (χ2v) is 8.19. The van der Waals surface area contributed by atoms with Gasteiger partial charge < -0.3 is 4.74 Å². The van der Waals surface area contributed by atoms with Crippen LogP contribution in [0.4, 0.5) is 4.39 Å². The Balaban J connectivity index is 2.17. The van der Waals surface area contributed by atoms with E-state index >= 15 is 0 Å². The molecule has 0 aliphatic heterocycles. The maximum Gasteiger partial charge on any atom is 0.238 e. The highest BCUT2D eigenvalue weighted by Crippen LogP contribution is 2.35. The quantitative estimate of drug-likeness (QED) is 0.570. The minimum atomic E-state index is -3.83. The lowest BCUT2D eigenvalue weighted by atomic mass is 9.98. The largest absolute Gasteiger partial charge is 0.477 e. The number of ether oxygens (including phenoxy) is 1. The summed E-state index contributed by atoms with van der Waals surface area (Å²) in [5, 5.41) is 14.7. The van der Waals surface area contributed by atoms with Crippen LogP contribution in [0.3, 0.4) is 0 Å². The van der Waals surface area contributed by atoms with Crippen LogP contribution in [-0.4, -0.2) is 20.0 Å². The normalized spacial score (nSPS) is 11.1. The lowest BCUT2D eigenvalue weighted by Crippen LogP contribution is -2.11. The Morgan fingerprint density at radius 2 is 1.73 bits per heavy atom. The smallest absolute Gasteiger partial charge is 0.238 e. The third-order valence-electron chi connectivity index (χ3n) is 4.46. The van der Waals surface area contributed by atoms with Gasteiger partial charge >= 0.3 is 0 Å². The first-order valence-electron chi connectivity index (χ1n) is 9.30. The first-order chi connectivity index (χ1) is 14.3. The molecular formula is C22H20FN3O3S. The Morgan fingerprint density at radius 3 is 2.30 bits per heavy atom. The Labute approximate surface area is 174 Å². The summed E-state index contributed by atoms with van der Waals surface area (Å²) in [4.78, 5) is 4.53. The predicted molar refractivity (Wildman–Crippen MR) is 112 cm³/mol. The first kappa shape index (κ1) is 21.4. The number of nitrogens with two attached hydrogens (primary N) is 1. The summed E-state index contributed by atoms with van der Waals surface area (Å²) in [5.74, 6) is -0.180. The molecule has 0 fully saturated rings. The van der Waals surface area contributed by atoms with Crippen LogP contribution in [0.5, 0.6) is 5.88 Å². The van der Waals surface area contributed by atoms with Crippen LogP contribution in [0, 0.1) is 17.1 Å². The maximum absolute atomic E-state index is 13.4. The second-order valence-electron chi connectivity index (χ2n) is 6.63. The van der Waals surface area contributed by atoms with Crippen molar-refractivity contribution >= 4 is 10.0 Å². The molecule has 8 heteroatoms. The van der Waals surface area contributed by atoms with Crippen molar-refractivity contribution in [3.63, 3.8) is 0 Å². The molecule has 2 aromatic carbocycles. The Morgan fingerprint density at radius 1 is 1.10 bits per heavy atom. The van der Waals surface area contributed by atoms with E-state index in [4.69, 9.17) is 9.88 Å². The molecule has 0 bridgehead atoms. The molecular weight excluding hydrogens is 405 g/mol. The minimum Gasteiger partial charge on any atom is -0.477 e. The number of primary sulfonamides is 1. The molecule has 1 aromatic heterocycles. The number of unbranched alkanes of at least 4 members (excludes halogenated alkanes) is 1. The molecule has 0 saturated carbocycles. The number of benzene rings is 2.